The summed E-state index contributed by atoms with van der Waals surface area (Å²) in [4.78, 5) is 7.77. The number of nitrogens with zero attached hydrogens (tertiary/aromatic N) is 1. The quantitative estimate of drug-likeness (QED) is 0.756. The summed E-state index contributed by atoms with van der Waals surface area (Å²) in [5, 5.41) is 4.29. The van der Waals surface area contributed by atoms with Gasteiger partial charge in [0, 0.05) is 41.4 Å². The van der Waals surface area contributed by atoms with E-state index in [1.807, 2.05) is 0 Å². The highest BCUT2D eigenvalue weighted by atomic mass is 19.2. The molecule has 2 N–H and O–H groups in total. The van der Waals surface area contributed by atoms with Crippen molar-refractivity contribution in [2.75, 3.05) is 20.2 Å². The summed E-state index contributed by atoms with van der Waals surface area (Å²) in [6, 6.07) is 6.12. The number of pyridine rings is 1. The predicted molar refractivity (Wildman–Crippen MR) is 92.8 cm³/mol. The number of aromatic nitrogens is 2. The number of aromatic amines is 1. The minimum atomic E-state index is -0.922. The molecule has 0 unspecified atom stereocenters. The zero-order valence-electron chi connectivity index (χ0n) is 13.9. The molecule has 1 aromatic carbocycles. The van der Waals surface area contributed by atoms with Gasteiger partial charge in [-0.2, -0.15) is 0 Å². The molecule has 4 rings (SSSR count). The van der Waals surface area contributed by atoms with Gasteiger partial charge in [0.2, 0.25) is 0 Å². The number of hydrogen-bond donors (Lipinski definition) is 2. The SMILES string of the molecule is COc1cc(F)c(F)cc1-c1ccnc2[nH]c([C@H]3CCCNC3)cc12. The molecule has 0 spiro atoms. The molecule has 1 aliphatic heterocycles. The van der Waals surface area contributed by atoms with E-state index in [0.717, 1.165) is 54.3 Å². The molecule has 4 nitrogen and oxygen atoms in total. The fourth-order valence-electron chi connectivity index (χ4n) is 3.53. The van der Waals surface area contributed by atoms with Crippen molar-refractivity contribution in [2.24, 2.45) is 0 Å². The number of benzene rings is 1. The summed E-state index contributed by atoms with van der Waals surface area (Å²) >= 11 is 0. The van der Waals surface area contributed by atoms with E-state index in [2.05, 4.69) is 21.4 Å². The third-order valence-electron chi connectivity index (χ3n) is 4.82. The van der Waals surface area contributed by atoms with E-state index in [1.54, 1.807) is 12.3 Å². The van der Waals surface area contributed by atoms with Gasteiger partial charge in [-0.1, -0.05) is 0 Å². The van der Waals surface area contributed by atoms with Crippen LogP contribution in [0.1, 0.15) is 24.5 Å². The van der Waals surface area contributed by atoms with Gasteiger partial charge in [0.25, 0.3) is 0 Å². The molecule has 3 heterocycles. The van der Waals surface area contributed by atoms with E-state index in [9.17, 15) is 8.78 Å². The Morgan fingerprint density at radius 3 is 2.76 bits per heavy atom. The summed E-state index contributed by atoms with van der Waals surface area (Å²) in [5.41, 5.74) is 3.14. The first kappa shape index (κ1) is 16.0. The Labute approximate surface area is 144 Å². The Hall–Kier alpha value is -2.47. The van der Waals surface area contributed by atoms with Gasteiger partial charge in [0.15, 0.2) is 11.6 Å². The predicted octanol–water partition coefficient (Wildman–Crippen LogP) is 3.98. The maximum atomic E-state index is 13.8. The minimum absolute atomic E-state index is 0.300. The van der Waals surface area contributed by atoms with Gasteiger partial charge in [0.1, 0.15) is 11.4 Å². The highest BCUT2D eigenvalue weighted by Crippen LogP contribution is 2.37. The molecule has 1 saturated heterocycles. The van der Waals surface area contributed by atoms with Crippen molar-refractivity contribution in [1.29, 1.82) is 0 Å². The molecule has 0 radical (unpaired) electrons. The molecule has 0 bridgehead atoms. The van der Waals surface area contributed by atoms with E-state index in [0.29, 0.717) is 17.2 Å². The summed E-state index contributed by atoms with van der Waals surface area (Å²) in [6.45, 7) is 1.98. The van der Waals surface area contributed by atoms with Crippen molar-refractivity contribution in [1.82, 2.24) is 15.3 Å². The van der Waals surface area contributed by atoms with Crippen molar-refractivity contribution < 1.29 is 13.5 Å². The average molecular weight is 343 g/mol. The number of ether oxygens (including phenoxy) is 1. The lowest BCUT2D eigenvalue weighted by Crippen LogP contribution is -2.28. The van der Waals surface area contributed by atoms with Gasteiger partial charge in [-0.15, -0.1) is 0 Å². The molecule has 25 heavy (non-hydrogen) atoms. The molecule has 130 valence electrons. The minimum Gasteiger partial charge on any atom is -0.496 e. The number of fused-ring (bicyclic) bond motifs is 1. The van der Waals surface area contributed by atoms with Crippen LogP contribution in [0.4, 0.5) is 8.78 Å². The molecule has 1 fully saturated rings. The van der Waals surface area contributed by atoms with E-state index in [-0.39, 0.29) is 0 Å². The van der Waals surface area contributed by atoms with E-state index in [1.165, 1.54) is 13.2 Å². The van der Waals surface area contributed by atoms with Crippen molar-refractivity contribution in [3.05, 3.63) is 47.8 Å². The highest BCUT2D eigenvalue weighted by Gasteiger charge is 2.20. The molecule has 0 saturated carbocycles. The van der Waals surface area contributed by atoms with Crippen LogP contribution in [0.25, 0.3) is 22.2 Å². The first-order valence-corrected chi connectivity index (χ1v) is 8.39. The van der Waals surface area contributed by atoms with Gasteiger partial charge in [-0.25, -0.2) is 13.8 Å². The van der Waals surface area contributed by atoms with E-state index in [4.69, 9.17) is 4.74 Å². The summed E-state index contributed by atoms with van der Waals surface area (Å²) in [6.07, 6.45) is 3.92. The van der Waals surface area contributed by atoms with Gasteiger partial charge >= 0.3 is 0 Å². The normalized spacial score (nSPS) is 17.8. The smallest absolute Gasteiger partial charge is 0.162 e. The molecule has 1 atom stereocenters. The Bertz CT molecular complexity index is 916. The largest absolute Gasteiger partial charge is 0.496 e. The molecular weight excluding hydrogens is 324 g/mol. The van der Waals surface area contributed by atoms with E-state index >= 15 is 0 Å². The zero-order valence-corrected chi connectivity index (χ0v) is 13.9. The van der Waals surface area contributed by atoms with Crippen LogP contribution in [-0.4, -0.2) is 30.2 Å². The van der Waals surface area contributed by atoms with Gasteiger partial charge < -0.3 is 15.0 Å². The van der Waals surface area contributed by atoms with Crippen LogP contribution in [-0.2, 0) is 0 Å². The van der Waals surface area contributed by atoms with Gasteiger partial charge in [0.05, 0.1) is 7.11 Å². The number of halogens is 2. The van der Waals surface area contributed by atoms with Crippen molar-refractivity contribution in [3.63, 3.8) is 0 Å². The topological polar surface area (TPSA) is 49.9 Å². The molecular formula is C19H19F2N3O. The number of rotatable bonds is 3. The number of nitrogens with one attached hydrogen (secondary N) is 2. The Kier molecular flexibility index (Phi) is 4.13. The third-order valence-corrected chi connectivity index (χ3v) is 4.82. The van der Waals surface area contributed by atoms with Crippen LogP contribution < -0.4 is 10.1 Å². The summed E-state index contributed by atoms with van der Waals surface area (Å²) in [5.74, 6) is -1.11. The maximum absolute atomic E-state index is 13.8. The fraction of sp³-hybridized carbons (Fsp3) is 0.316. The van der Waals surface area contributed by atoms with Crippen molar-refractivity contribution in [3.8, 4) is 16.9 Å². The Balaban J connectivity index is 1.85. The fourth-order valence-corrected chi connectivity index (χ4v) is 3.53. The summed E-state index contributed by atoms with van der Waals surface area (Å²) < 4.78 is 32.6. The number of H-pyrrole nitrogens is 1. The molecule has 6 heteroatoms. The summed E-state index contributed by atoms with van der Waals surface area (Å²) in [7, 11) is 1.45. The van der Waals surface area contributed by atoms with Crippen LogP contribution in [0.5, 0.6) is 5.75 Å². The second kappa shape index (κ2) is 6.44. The molecule has 0 amide bonds. The average Bonchev–Trinajstić information content (AvgIpc) is 3.08. The number of methoxy groups -OCH3 is 1. The molecule has 0 aliphatic carbocycles. The third kappa shape index (κ3) is 2.87. The van der Waals surface area contributed by atoms with Crippen LogP contribution >= 0.6 is 0 Å². The second-order valence-electron chi connectivity index (χ2n) is 6.36. The highest BCUT2D eigenvalue weighted by molar-refractivity contribution is 5.95. The molecule has 2 aromatic heterocycles. The van der Waals surface area contributed by atoms with Gasteiger partial charge in [-0.05, 0) is 43.1 Å². The van der Waals surface area contributed by atoms with E-state index < -0.39 is 11.6 Å². The van der Waals surface area contributed by atoms with Crippen LogP contribution in [0.3, 0.4) is 0 Å². The number of hydrogen-bond acceptors (Lipinski definition) is 3. The van der Waals surface area contributed by atoms with Crippen LogP contribution in [0.15, 0.2) is 30.5 Å². The maximum Gasteiger partial charge on any atom is 0.162 e. The molecule has 3 aromatic rings. The molecule has 1 aliphatic rings. The van der Waals surface area contributed by atoms with Crippen LogP contribution in [0.2, 0.25) is 0 Å². The van der Waals surface area contributed by atoms with Crippen molar-refractivity contribution in [2.45, 2.75) is 18.8 Å². The Morgan fingerprint density at radius 1 is 1.16 bits per heavy atom. The number of piperidine rings is 1. The lowest BCUT2D eigenvalue weighted by molar-refractivity contribution is 0.408. The monoisotopic (exact) mass is 343 g/mol. The van der Waals surface area contributed by atoms with Gasteiger partial charge in [-0.3, -0.25) is 0 Å². The van der Waals surface area contributed by atoms with Crippen LogP contribution in [0, 0.1) is 11.6 Å². The second-order valence-corrected chi connectivity index (χ2v) is 6.36. The Morgan fingerprint density at radius 2 is 2.00 bits per heavy atom. The lowest BCUT2D eigenvalue weighted by Gasteiger charge is -2.21. The zero-order chi connectivity index (χ0) is 17.4. The first-order chi connectivity index (χ1) is 12.2. The van der Waals surface area contributed by atoms with Crippen molar-refractivity contribution >= 4 is 11.0 Å². The first-order valence-electron chi connectivity index (χ1n) is 8.39. The lowest BCUT2D eigenvalue weighted by atomic mass is 9.95. The standard InChI is InChI=1S/C19H19F2N3O/c1-25-18-9-16(21)15(20)7-13(18)12-4-6-23-19-14(12)8-17(24-19)11-3-2-5-22-10-11/h4,6-9,11,22H,2-3,5,10H2,1H3,(H,23,24)/t11-/m0/s1.